The smallest absolute Gasteiger partial charge is 0.123 e. The Balaban J connectivity index is 1.89. The summed E-state index contributed by atoms with van der Waals surface area (Å²) in [5, 5.41) is 1.07. The first-order chi connectivity index (χ1) is 9.28. The third-order valence-electron chi connectivity index (χ3n) is 3.41. The van der Waals surface area contributed by atoms with Gasteiger partial charge in [-0.3, -0.25) is 0 Å². The number of fused-ring (bicyclic) bond motifs is 1. The van der Waals surface area contributed by atoms with Crippen LogP contribution in [0.25, 0.3) is 10.6 Å². The highest BCUT2D eigenvalue weighted by molar-refractivity contribution is 7.15. The summed E-state index contributed by atoms with van der Waals surface area (Å²) >= 11 is 1.74. The number of ether oxygens (including phenoxy) is 1. The Labute approximate surface area is 117 Å². The number of hydrogen-bond acceptors (Lipinski definition) is 4. The molecule has 0 saturated heterocycles. The lowest BCUT2D eigenvalue weighted by Crippen LogP contribution is -2.15. The lowest BCUT2D eigenvalue weighted by atomic mass is 9.99. The maximum Gasteiger partial charge on any atom is 0.123 e. The van der Waals surface area contributed by atoms with E-state index >= 15 is 0 Å². The highest BCUT2D eigenvalue weighted by atomic mass is 32.1. The largest absolute Gasteiger partial charge is 0.494 e. The molecule has 1 atom stereocenters. The molecule has 2 aromatic rings. The SMILES string of the molecule is CCOc1ccc(-c2nc3c(s2)C(N)CCC3)cc1. The van der Waals surface area contributed by atoms with E-state index in [-0.39, 0.29) is 6.04 Å². The number of rotatable bonds is 3. The normalized spacial score (nSPS) is 18.1. The molecule has 0 radical (unpaired) electrons. The maximum absolute atomic E-state index is 6.15. The van der Waals surface area contributed by atoms with Crippen LogP contribution in [0, 0.1) is 0 Å². The van der Waals surface area contributed by atoms with Crippen LogP contribution in [0.2, 0.25) is 0 Å². The van der Waals surface area contributed by atoms with Crippen LogP contribution in [-0.2, 0) is 6.42 Å². The lowest BCUT2D eigenvalue weighted by molar-refractivity contribution is 0.340. The van der Waals surface area contributed by atoms with E-state index in [1.54, 1.807) is 11.3 Å². The zero-order valence-corrected chi connectivity index (χ0v) is 11.9. The minimum absolute atomic E-state index is 0.178. The molecule has 4 heteroatoms. The first kappa shape index (κ1) is 12.6. The highest BCUT2D eigenvalue weighted by Gasteiger charge is 2.21. The molecule has 100 valence electrons. The molecule has 1 aromatic heterocycles. The number of nitrogens with zero attached hydrogens (tertiary/aromatic N) is 1. The third kappa shape index (κ3) is 2.51. The van der Waals surface area contributed by atoms with Crippen molar-refractivity contribution < 1.29 is 4.74 Å². The van der Waals surface area contributed by atoms with Gasteiger partial charge in [-0.1, -0.05) is 0 Å². The Morgan fingerprint density at radius 1 is 1.37 bits per heavy atom. The highest BCUT2D eigenvalue weighted by Crippen LogP contribution is 2.37. The Kier molecular flexibility index (Phi) is 3.53. The molecule has 0 bridgehead atoms. The molecule has 1 unspecified atom stereocenters. The monoisotopic (exact) mass is 274 g/mol. The zero-order valence-electron chi connectivity index (χ0n) is 11.1. The van der Waals surface area contributed by atoms with Crippen molar-refractivity contribution >= 4 is 11.3 Å². The van der Waals surface area contributed by atoms with E-state index in [9.17, 15) is 0 Å². The lowest BCUT2D eigenvalue weighted by Gasteiger charge is -2.15. The average Bonchev–Trinajstić information content (AvgIpc) is 2.85. The van der Waals surface area contributed by atoms with Crippen LogP contribution in [0.5, 0.6) is 5.75 Å². The van der Waals surface area contributed by atoms with Gasteiger partial charge in [0.25, 0.3) is 0 Å². The van der Waals surface area contributed by atoms with E-state index < -0.39 is 0 Å². The van der Waals surface area contributed by atoms with Crippen LogP contribution in [0.3, 0.4) is 0 Å². The van der Waals surface area contributed by atoms with Crippen molar-refractivity contribution in [2.24, 2.45) is 5.73 Å². The van der Waals surface area contributed by atoms with Gasteiger partial charge in [0.15, 0.2) is 0 Å². The maximum atomic E-state index is 6.15. The zero-order chi connectivity index (χ0) is 13.2. The summed E-state index contributed by atoms with van der Waals surface area (Å²) in [6.07, 6.45) is 3.30. The Bertz CT molecular complexity index is 562. The van der Waals surface area contributed by atoms with E-state index in [0.717, 1.165) is 35.6 Å². The molecule has 19 heavy (non-hydrogen) atoms. The second-order valence-corrected chi connectivity index (χ2v) is 5.82. The van der Waals surface area contributed by atoms with Crippen LogP contribution >= 0.6 is 11.3 Å². The average molecular weight is 274 g/mol. The summed E-state index contributed by atoms with van der Waals surface area (Å²) in [6.45, 7) is 2.68. The molecule has 3 nitrogen and oxygen atoms in total. The van der Waals surface area contributed by atoms with Gasteiger partial charge < -0.3 is 10.5 Å². The minimum atomic E-state index is 0.178. The van der Waals surface area contributed by atoms with Crippen molar-refractivity contribution in [3.8, 4) is 16.3 Å². The molecule has 0 saturated carbocycles. The first-order valence-electron chi connectivity index (χ1n) is 6.76. The summed E-state index contributed by atoms with van der Waals surface area (Å²) in [4.78, 5) is 6.02. The molecule has 2 N–H and O–H groups in total. The molecule has 0 aliphatic heterocycles. The standard InChI is InChI=1S/C15H18N2OS/c1-2-18-11-8-6-10(7-9-11)15-17-13-5-3-4-12(16)14(13)19-15/h6-9,12H,2-5,16H2,1H3. The fraction of sp³-hybridized carbons (Fsp3) is 0.400. The van der Waals surface area contributed by atoms with Crippen molar-refractivity contribution in [1.82, 2.24) is 4.98 Å². The minimum Gasteiger partial charge on any atom is -0.494 e. The van der Waals surface area contributed by atoms with Crippen LogP contribution in [0.4, 0.5) is 0 Å². The fourth-order valence-electron chi connectivity index (χ4n) is 2.44. The van der Waals surface area contributed by atoms with Gasteiger partial charge in [0.2, 0.25) is 0 Å². The van der Waals surface area contributed by atoms with E-state index in [1.807, 2.05) is 19.1 Å². The predicted octanol–water partition coefficient (Wildman–Crippen LogP) is 3.54. The van der Waals surface area contributed by atoms with Crippen LogP contribution in [-0.4, -0.2) is 11.6 Å². The molecule has 1 aliphatic carbocycles. The van der Waals surface area contributed by atoms with Crippen LogP contribution < -0.4 is 10.5 Å². The van der Waals surface area contributed by atoms with Gasteiger partial charge >= 0.3 is 0 Å². The number of aryl methyl sites for hydroxylation is 1. The second-order valence-electron chi connectivity index (χ2n) is 4.79. The Hall–Kier alpha value is -1.39. The van der Waals surface area contributed by atoms with Gasteiger partial charge in [-0.15, -0.1) is 11.3 Å². The van der Waals surface area contributed by atoms with Gasteiger partial charge in [-0.2, -0.15) is 0 Å². The molecular weight excluding hydrogens is 256 g/mol. The Morgan fingerprint density at radius 3 is 2.84 bits per heavy atom. The van der Waals surface area contributed by atoms with Gasteiger partial charge in [0, 0.05) is 16.5 Å². The number of hydrogen-bond donors (Lipinski definition) is 1. The van der Waals surface area contributed by atoms with Crippen molar-refractivity contribution in [1.29, 1.82) is 0 Å². The summed E-state index contributed by atoms with van der Waals surface area (Å²) in [6, 6.07) is 8.32. The van der Waals surface area contributed by atoms with Crippen LogP contribution in [0.1, 0.15) is 36.4 Å². The summed E-state index contributed by atoms with van der Waals surface area (Å²) < 4.78 is 5.46. The van der Waals surface area contributed by atoms with Crippen molar-refractivity contribution in [3.05, 3.63) is 34.8 Å². The molecule has 0 spiro atoms. The Morgan fingerprint density at radius 2 is 2.16 bits per heavy atom. The van der Waals surface area contributed by atoms with Crippen molar-refractivity contribution in [3.63, 3.8) is 0 Å². The number of thiazole rings is 1. The summed E-state index contributed by atoms with van der Waals surface area (Å²) in [5.41, 5.74) is 8.50. The summed E-state index contributed by atoms with van der Waals surface area (Å²) in [7, 11) is 0. The molecule has 3 rings (SSSR count). The van der Waals surface area contributed by atoms with Gasteiger partial charge in [-0.05, 0) is 50.5 Å². The van der Waals surface area contributed by atoms with E-state index in [0.29, 0.717) is 6.61 Å². The number of benzene rings is 1. The third-order valence-corrected chi connectivity index (χ3v) is 4.68. The number of nitrogens with two attached hydrogens (primary N) is 1. The van der Waals surface area contributed by atoms with Crippen molar-refractivity contribution in [2.75, 3.05) is 6.61 Å². The molecule has 0 fully saturated rings. The molecule has 1 aromatic carbocycles. The summed E-state index contributed by atoms with van der Waals surface area (Å²) in [5.74, 6) is 0.907. The quantitative estimate of drug-likeness (QED) is 0.931. The number of aromatic nitrogens is 1. The van der Waals surface area contributed by atoms with Gasteiger partial charge in [0.05, 0.1) is 12.3 Å². The second kappa shape index (κ2) is 5.31. The van der Waals surface area contributed by atoms with Gasteiger partial charge in [0.1, 0.15) is 10.8 Å². The predicted molar refractivity (Wildman–Crippen MR) is 78.6 cm³/mol. The van der Waals surface area contributed by atoms with E-state index in [1.165, 1.54) is 10.6 Å². The van der Waals surface area contributed by atoms with E-state index in [2.05, 4.69) is 12.1 Å². The molecule has 0 amide bonds. The molecular formula is C15H18N2OS. The van der Waals surface area contributed by atoms with Crippen LogP contribution in [0.15, 0.2) is 24.3 Å². The first-order valence-corrected chi connectivity index (χ1v) is 7.58. The van der Waals surface area contributed by atoms with Gasteiger partial charge in [-0.25, -0.2) is 4.98 Å². The van der Waals surface area contributed by atoms with E-state index in [4.69, 9.17) is 15.5 Å². The molecule has 1 aliphatic rings. The van der Waals surface area contributed by atoms with Crippen molar-refractivity contribution in [2.45, 2.75) is 32.2 Å². The topological polar surface area (TPSA) is 48.1 Å². The fourth-order valence-corrected chi connectivity index (χ4v) is 3.59. The molecule has 1 heterocycles.